The first-order chi connectivity index (χ1) is 16.5. The van der Waals surface area contributed by atoms with Crippen LogP contribution in [0, 0.1) is 11.6 Å². The molecule has 3 rings (SSSR count). The number of anilines is 1. The zero-order chi connectivity index (χ0) is 25.6. The largest absolute Gasteiger partial charge is 0.444 e. The van der Waals surface area contributed by atoms with Crippen molar-refractivity contribution in [1.82, 2.24) is 10.3 Å². The van der Waals surface area contributed by atoms with Crippen LogP contribution in [0.5, 0.6) is 10.8 Å². The van der Waals surface area contributed by atoms with Gasteiger partial charge in [0, 0.05) is 12.2 Å². The number of thiazole rings is 1. The second-order valence-corrected chi connectivity index (χ2v) is 9.38. The molecular formula is C24H25F2N3O5S. The summed E-state index contributed by atoms with van der Waals surface area (Å²) in [5, 5.41) is 14.8. The van der Waals surface area contributed by atoms with E-state index in [1.807, 2.05) is 0 Å². The Morgan fingerprint density at radius 2 is 1.66 bits per heavy atom. The molecule has 1 aromatic heterocycles. The Balaban J connectivity index is 1.84. The number of benzene rings is 2. The van der Waals surface area contributed by atoms with E-state index in [0.717, 1.165) is 11.3 Å². The zero-order valence-corrected chi connectivity index (χ0v) is 20.1. The molecule has 8 nitrogen and oxygen atoms in total. The number of nitrogens with zero attached hydrogens (tertiary/aromatic N) is 1. The van der Waals surface area contributed by atoms with Gasteiger partial charge in [0.05, 0.1) is 0 Å². The van der Waals surface area contributed by atoms with E-state index in [0.29, 0.717) is 17.0 Å². The van der Waals surface area contributed by atoms with Crippen molar-refractivity contribution in [2.45, 2.75) is 38.8 Å². The Morgan fingerprint density at radius 3 is 2.23 bits per heavy atom. The molecule has 1 atom stereocenters. The van der Waals surface area contributed by atoms with Crippen LogP contribution in [0.1, 0.15) is 27.2 Å². The summed E-state index contributed by atoms with van der Waals surface area (Å²) < 4.78 is 37.7. The Bertz CT molecular complexity index is 1160. The Labute approximate surface area is 204 Å². The van der Waals surface area contributed by atoms with Gasteiger partial charge in [-0.25, -0.2) is 18.6 Å². The third kappa shape index (κ3) is 7.72. The molecule has 1 unspecified atom stereocenters. The van der Waals surface area contributed by atoms with E-state index < -0.39 is 35.3 Å². The topological polar surface area (TPSA) is 110 Å². The van der Waals surface area contributed by atoms with Crippen molar-refractivity contribution >= 4 is 28.5 Å². The highest BCUT2D eigenvalue weighted by Crippen LogP contribution is 2.40. The lowest BCUT2D eigenvalue weighted by Crippen LogP contribution is -2.46. The number of halogens is 2. The molecule has 2 aromatic carbocycles. The molecule has 0 bridgehead atoms. The maximum Gasteiger partial charge on any atom is 0.408 e. The maximum absolute atomic E-state index is 13.4. The van der Waals surface area contributed by atoms with Crippen LogP contribution in [0.15, 0.2) is 48.5 Å². The van der Waals surface area contributed by atoms with Gasteiger partial charge in [0.25, 0.3) is 0 Å². The molecule has 0 radical (unpaired) electrons. The Hall–Kier alpha value is -3.57. The van der Waals surface area contributed by atoms with E-state index in [9.17, 15) is 23.5 Å². The Kier molecular flexibility index (Phi) is 8.36. The molecule has 0 saturated heterocycles. The fourth-order valence-electron chi connectivity index (χ4n) is 2.87. The molecule has 2 amide bonds. The van der Waals surface area contributed by atoms with E-state index >= 15 is 0 Å². The minimum atomic E-state index is -1.09. The predicted molar refractivity (Wildman–Crippen MR) is 127 cm³/mol. The van der Waals surface area contributed by atoms with Crippen molar-refractivity contribution in [2.75, 3.05) is 11.9 Å². The SMILES string of the molecule is CC(C)(C)OC(=O)NC(CCO)C(=O)Nc1nc(-c2ccc(F)cc2)c(Oc2ccc(F)cc2)s1. The quantitative estimate of drug-likeness (QED) is 0.393. The fraction of sp³-hybridized carbons (Fsp3) is 0.292. The van der Waals surface area contributed by atoms with Crippen LogP contribution in [0.3, 0.4) is 0 Å². The van der Waals surface area contributed by atoms with Crippen molar-refractivity contribution in [2.24, 2.45) is 0 Å². The van der Waals surface area contributed by atoms with Gasteiger partial charge >= 0.3 is 6.09 Å². The number of aliphatic hydroxyl groups excluding tert-OH is 1. The first kappa shape index (κ1) is 26.0. The molecule has 0 spiro atoms. The number of ether oxygens (including phenoxy) is 2. The second kappa shape index (κ2) is 11.2. The molecule has 186 valence electrons. The molecule has 1 heterocycles. The highest BCUT2D eigenvalue weighted by Gasteiger charge is 2.26. The lowest BCUT2D eigenvalue weighted by molar-refractivity contribution is -0.118. The molecule has 3 aromatic rings. The fourth-order valence-corrected chi connectivity index (χ4v) is 3.73. The van der Waals surface area contributed by atoms with Crippen LogP contribution in [-0.2, 0) is 9.53 Å². The summed E-state index contributed by atoms with van der Waals surface area (Å²) in [7, 11) is 0. The molecule has 0 aliphatic rings. The first-order valence-electron chi connectivity index (χ1n) is 10.7. The average molecular weight is 506 g/mol. The lowest BCUT2D eigenvalue weighted by Gasteiger charge is -2.22. The number of rotatable bonds is 8. The van der Waals surface area contributed by atoms with Crippen molar-refractivity contribution in [3.63, 3.8) is 0 Å². The van der Waals surface area contributed by atoms with Gasteiger partial charge in [0.2, 0.25) is 11.0 Å². The second-order valence-electron chi connectivity index (χ2n) is 8.42. The number of carbonyl (C=O) groups excluding carboxylic acids is 2. The van der Waals surface area contributed by atoms with E-state index in [2.05, 4.69) is 15.6 Å². The number of aromatic nitrogens is 1. The number of amides is 2. The zero-order valence-electron chi connectivity index (χ0n) is 19.3. The normalized spacial score (nSPS) is 12.1. The summed E-state index contributed by atoms with van der Waals surface area (Å²) in [5.41, 5.74) is 0.0866. The van der Waals surface area contributed by atoms with Crippen LogP contribution in [0.25, 0.3) is 11.3 Å². The molecular weight excluding hydrogens is 480 g/mol. The van der Waals surface area contributed by atoms with Crippen molar-refractivity contribution in [1.29, 1.82) is 0 Å². The summed E-state index contributed by atoms with van der Waals surface area (Å²) >= 11 is 0.991. The van der Waals surface area contributed by atoms with Crippen molar-refractivity contribution in [3.8, 4) is 22.1 Å². The number of nitrogens with one attached hydrogen (secondary N) is 2. The molecule has 35 heavy (non-hydrogen) atoms. The lowest BCUT2D eigenvalue weighted by atomic mass is 10.2. The van der Waals surface area contributed by atoms with Gasteiger partial charge in [-0.05, 0) is 75.7 Å². The Morgan fingerprint density at radius 1 is 1.06 bits per heavy atom. The number of carbonyl (C=O) groups is 2. The van der Waals surface area contributed by atoms with E-state index in [1.165, 1.54) is 48.5 Å². The molecule has 0 fully saturated rings. The standard InChI is InChI=1S/C24H25F2N3O5S/c1-24(2,3)34-23(32)27-18(12-13-30)20(31)29-22-28-19(14-4-6-15(25)7-5-14)21(35-22)33-17-10-8-16(26)9-11-17/h4-11,18,30H,12-13H2,1-3H3,(H,27,32)(H,28,29,31). The van der Waals surface area contributed by atoms with Gasteiger partial charge in [-0.2, -0.15) is 0 Å². The summed E-state index contributed by atoms with van der Waals surface area (Å²) in [5.74, 6) is -1.15. The van der Waals surface area contributed by atoms with Crippen LogP contribution < -0.4 is 15.4 Å². The third-order valence-electron chi connectivity index (χ3n) is 4.39. The third-order valence-corrected chi connectivity index (χ3v) is 5.24. The monoisotopic (exact) mass is 505 g/mol. The van der Waals surface area contributed by atoms with Gasteiger partial charge in [0.15, 0.2) is 5.13 Å². The average Bonchev–Trinajstić information content (AvgIpc) is 3.16. The van der Waals surface area contributed by atoms with E-state index in [1.54, 1.807) is 20.8 Å². The number of hydrogen-bond donors (Lipinski definition) is 3. The smallest absolute Gasteiger partial charge is 0.408 e. The molecule has 0 saturated carbocycles. The first-order valence-corrected chi connectivity index (χ1v) is 11.5. The van der Waals surface area contributed by atoms with E-state index in [-0.39, 0.29) is 23.2 Å². The van der Waals surface area contributed by atoms with Crippen LogP contribution in [-0.4, -0.2) is 40.3 Å². The van der Waals surface area contributed by atoms with Gasteiger partial charge in [-0.15, -0.1) is 0 Å². The maximum atomic E-state index is 13.4. The molecule has 0 aliphatic heterocycles. The number of alkyl carbamates (subject to hydrolysis) is 1. The summed E-state index contributed by atoms with van der Waals surface area (Å²) in [6.45, 7) is 4.69. The van der Waals surface area contributed by atoms with Gasteiger partial charge in [-0.3, -0.25) is 4.79 Å². The minimum absolute atomic E-state index is 0.0553. The summed E-state index contributed by atoms with van der Waals surface area (Å²) in [6.07, 6.45) is -0.863. The van der Waals surface area contributed by atoms with Crippen molar-refractivity contribution < 1.29 is 33.0 Å². The molecule has 11 heteroatoms. The molecule has 3 N–H and O–H groups in total. The predicted octanol–water partition coefficient (Wildman–Crippen LogP) is 5.09. The van der Waals surface area contributed by atoms with Crippen LogP contribution >= 0.6 is 11.3 Å². The van der Waals surface area contributed by atoms with Gasteiger partial charge in [0.1, 0.15) is 34.7 Å². The van der Waals surface area contributed by atoms with Crippen LogP contribution in [0.4, 0.5) is 18.7 Å². The number of hydrogen-bond acceptors (Lipinski definition) is 7. The summed E-state index contributed by atoms with van der Waals surface area (Å²) in [6, 6.07) is 9.78. The van der Waals surface area contributed by atoms with Crippen LogP contribution in [0.2, 0.25) is 0 Å². The number of aliphatic hydroxyl groups is 1. The highest BCUT2D eigenvalue weighted by molar-refractivity contribution is 7.18. The van der Waals surface area contributed by atoms with E-state index in [4.69, 9.17) is 9.47 Å². The van der Waals surface area contributed by atoms with Gasteiger partial charge in [-0.1, -0.05) is 11.3 Å². The van der Waals surface area contributed by atoms with Gasteiger partial charge < -0.3 is 25.2 Å². The van der Waals surface area contributed by atoms with Crippen molar-refractivity contribution in [3.05, 3.63) is 60.2 Å². The summed E-state index contributed by atoms with van der Waals surface area (Å²) in [4.78, 5) is 29.4. The molecule has 0 aliphatic carbocycles. The minimum Gasteiger partial charge on any atom is -0.444 e. The highest BCUT2D eigenvalue weighted by atomic mass is 32.1.